The maximum Gasteiger partial charge on any atom is 0.406 e. The largest absolute Gasteiger partial charge is 0.406 e. The number of anilines is 1. The molecule has 1 aliphatic rings. The Labute approximate surface area is 98.8 Å². The third-order valence-electron chi connectivity index (χ3n) is 3.14. The van der Waals surface area contributed by atoms with Crippen LogP contribution < -0.4 is 4.90 Å². The summed E-state index contributed by atoms with van der Waals surface area (Å²) in [5.74, 6) is 0.623. The van der Waals surface area contributed by atoms with Crippen LogP contribution in [0.3, 0.4) is 0 Å². The van der Waals surface area contributed by atoms with Crippen LogP contribution in [0.2, 0.25) is 0 Å². The minimum Gasteiger partial charge on any atom is -0.396 e. The lowest BCUT2D eigenvalue weighted by molar-refractivity contribution is -0.388. The van der Waals surface area contributed by atoms with Gasteiger partial charge in [0.1, 0.15) is 0 Å². The van der Waals surface area contributed by atoms with E-state index in [4.69, 9.17) is 0 Å². The second kappa shape index (κ2) is 4.70. The zero-order valence-corrected chi connectivity index (χ0v) is 9.74. The highest BCUT2D eigenvalue weighted by Gasteiger charge is 2.29. The van der Waals surface area contributed by atoms with Crippen molar-refractivity contribution in [2.45, 2.75) is 12.8 Å². The summed E-state index contributed by atoms with van der Waals surface area (Å²) in [4.78, 5) is 16.2. The summed E-state index contributed by atoms with van der Waals surface area (Å²) in [6.07, 6.45) is 3.36. The smallest absolute Gasteiger partial charge is 0.396 e. The molecule has 0 aromatic carbocycles. The van der Waals surface area contributed by atoms with E-state index in [9.17, 15) is 15.2 Å². The van der Waals surface area contributed by atoms with Gasteiger partial charge in [0.05, 0.1) is 0 Å². The number of aromatic nitrogens is 2. The van der Waals surface area contributed by atoms with Crippen LogP contribution in [-0.4, -0.2) is 39.3 Å². The minimum atomic E-state index is -0.460. The highest BCUT2D eigenvalue weighted by molar-refractivity contribution is 5.54. The van der Waals surface area contributed by atoms with E-state index >= 15 is 0 Å². The molecule has 2 heterocycles. The Hall–Kier alpha value is -1.63. The van der Waals surface area contributed by atoms with Gasteiger partial charge in [0.2, 0.25) is 12.1 Å². The summed E-state index contributed by atoms with van der Waals surface area (Å²) in [6.45, 7) is 1.55. The van der Waals surface area contributed by atoms with Crippen LogP contribution in [0, 0.1) is 16.0 Å². The molecular formula is C10H16N4O3. The van der Waals surface area contributed by atoms with E-state index in [2.05, 4.69) is 4.98 Å². The lowest BCUT2D eigenvalue weighted by Crippen LogP contribution is -2.38. The number of aliphatic hydroxyl groups is 1. The summed E-state index contributed by atoms with van der Waals surface area (Å²) in [6, 6.07) is 0. The number of hydrogen-bond donors (Lipinski definition) is 1. The van der Waals surface area contributed by atoms with E-state index in [0.29, 0.717) is 12.4 Å². The molecule has 17 heavy (non-hydrogen) atoms. The van der Waals surface area contributed by atoms with E-state index in [1.165, 1.54) is 6.33 Å². The maximum atomic E-state index is 10.9. The molecule has 0 unspecified atom stereocenters. The highest BCUT2D eigenvalue weighted by Crippen LogP contribution is 2.29. The summed E-state index contributed by atoms with van der Waals surface area (Å²) >= 11 is 0. The predicted molar refractivity (Wildman–Crippen MR) is 61.9 cm³/mol. The standard InChI is InChI=1S/C10H16N4O3/c1-12-7-11-9(14(16)17)10(12)13-4-2-3-8(5-13)6-15/h7-8,15H,2-6H2,1H3/t8-/m0/s1. The second-order valence-electron chi connectivity index (χ2n) is 4.40. The average molecular weight is 240 g/mol. The molecule has 0 amide bonds. The van der Waals surface area contributed by atoms with Crippen molar-refractivity contribution in [1.82, 2.24) is 9.55 Å². The molecule has 2 rings (SSSR count). The van der Waals surface area contributed by atoms with Gasteiger partial charge in [-0.3, -0.25) is 4.57 Å². The van der Waals surface area contributed by atoms with Crippen LogP contribution in [0.5, 0.6) is 0 Å². The highest BCUT2D eigenvalue weighted by atomic mass is 16.6. The monoisotopic (exact) mass is 240 g/mol. The van der Waals surface area contributed by atoms with Gasteiger partial charge < -0.3 is 20.1 Å². The van der Waals surface area contributed by atoms with Crippen molar-refractivity contribution in [3.05, 3.63) is 16.4 Å². The van der Waals surface area contributed by atoms with Gasteiger partial charge in [0.15, 0.2) is 0 Å². The number of rotatable bonds is 3. The van der Waals surface area contributed by atoms with Crippen molar-refractivity contribution in [3.8, 4) is 0 Å². The fraction of sp³-hybridized carbons (Fsp3) is 0.700. The van der Waals surface area contributed by atoms with E-state index in [1.807, 2.05) is 4.90 Å². The zero-order chi connectivity index (χ0) is 12.4. The molecule has 1 aliphatic heterocycles. The molecule has 0 bridgehead atoms. The van der Waals surface area contributed by atoms with Gasteiger partial charge in [-0.05, 0) is 28.7 Å². The fourth-order valence-electron chi connectivity index (χ4n) is 2.31. The van der Waals surface area contributed by atoms with E-state index in [0.717, 1.165) is 19.4 Å². The number of nitrogens with zero attached hydrogens (tertiary/aromatic N) is 4. The Morgan fingerprint density at radius 1 is 1.71 bits per heavy atom. The van der Waals surface area contributed by atoms with Crippen LogP contribution in [0.4, 0.5) is 11.6 Å². The van der Waals surface area contributed by atoms with Gasteiger partial charge in [0.25, 0.3) is 0 Å². The maximum absolute atomic E-state index is 10.9. The number of nitro groups is 1. The molecule has 1 N–H and O–H groups in total. The van der Waals surface area contributed by atoms with Crippen LogP contribution in [0.25, 0.3) is 0 Å². The summed E-state index contributed by atoms with van der Waals surface area (Å²) in [5, 5.41) is 20.1. The third kappa shape index (κ3) is 2.23. The Kier molecular flexibility index (Phi) is 3.28. The number of aliphatic hydroxyl groups excluding tert-OH is 1. The van der Waals surface area contributed by atoms with E-state index in [1.54, 1.807) is 11.6 Å². The minimum absolute atomic E-state index is 0.105. The van der Waals surface area contributed by atoms with Crippen molar-refractivity contribution in [1.29, 1.82) is 0 Å². The van der Waals surface area contributed by atoms with Crippen LogP contribution in [-0.2, 0) is 7.05 Å². The van der Waals surface area contributed by atoms with Crippen LogP contribution in [0.1, 0.15) is 12.8 Å². The Morgan fingerprint density at radius 3 is 3.12 bits per heavy atom. The normalized spacial score (nSPS) is 20.6. The van der Waals surface area contributed by atoms with Crippen LogP contribution >= 0.6 is 0 Å². The molecule has 0 spiro atoms. The van der Waals surface area contributed by atoms with Crippen LogP contribution in [0.15, 0.2) is 6.33 Å². The summed E-state index contributed by atoms with van der Waals surface area (Å²) in [7, 11) is 1.75. The molecule has 0 aliphatic carbocycles. The van der Waals surface area contributed by atoms with Crippen molar-refractivity contribution < 1.29 is 10.0 Å². The molecule has 1 aromatic heterocycles. The fourth-order valence-corrected chi connectivity index (χ4v) is 2.31. The SMILES string of the molecule is Cn1cnc([N+](=O)[O-])c1N1CCC[C@H](CO)C1. The number of imidazole rings is 1. The first-order valence-corrected chi connectivity index (χ1v) is 5.65. The molecule has 0 radical (unpaired) electrons. The molecule has 1 saturated heterocycles. The van der Waals surface area contributed by atoms with E-state index < -0.39 is 4.92 Å². The van der Waals surface area contributed by atoms with Gasteiger partial charge in [0, 0.05) is 26.7 Å². The quantitative estimate of drug-likeness (QED) is 0.615. The van der Waals surface area contributed by atoms with Crippen molar-refractivity contribution in [2.75, 3.05) is 24.6 Å². The lowest BCUT2D eigenvalue weighted by Gasteiger charge is -2.32. The molecule has 1 fully saturated rings. The number of piperidine rings is 1. The first-order chi connectivity index (χ1) is 8.13. The van der Waals surface area contributed by atoms with Crippen molar-refractivity contribution >= 4 is 11.6 Å². The first kappa shape index (κ1) is 11.8. The van der Waals surface area contributed by atoms with Crippen molar-refractivity contribution in [2.24, 2.45) is 13.0 Å². The molecule has 7 nitrogen and oxygen atoms in total. The summed E-state index contributed by atoms with van der Waals surface area (Å²) in [5.41, 5.74) is 0. The molecule has 0 saturated carbocycles. The number of hydrogen-bond acceptors (Lipinski definition) is 5. The van der Waals surface area contributed by atoms with Gasteiger partial charge >= 0.3 is 5.82 Å². The zero-order valence-electron chi connectivity index (χ0n) is 9.74. The Morgan fingerprint density at radius 2 is 2.47 bits per heavy atom. The molecule has 1 atom stereocenters. The van der Waals surface area contributed by atoms with Gasteiger partial charge in [-0.2, -0.15) is 0 Å². The Balaban J connectivity index is 2.26. The lowest BCUT2D eigenvalue weighted by atomic mass is 9.99. The van der Waals surface area contributed by atoms with Crippen molar-refractivity contribution in [3.63, 3.8) is 0 Å². The topological polar surface area (TPSA) is 84.4 Å². The Bertz CT molecular complexity index is 418. The molecule has 1 aromatic rings. The third-order valence-corrected chi connectivity index (χ3v) is 3.14. The van der Waals surface area contributed by atoms with E-state index in [-0.39, 0.29) is 18.3 Å². The number of aryl methyl sites for hydroxylation is 1. The first-order valence-electron chi connectivity index (χ1n) is 5.65. The second-order valence-corrected chi connectivity index (χ2v) is 4.40. The van der Waals surface area contributed by atoms with Gasteiger partial charge in [-0.15, -0.1) is 0 Å². The van der Waals surface area contributed by atoms with Gasteiger partial charge in [-0.25, -0.2) is 0 Å². The molecule has 94 valence electrons. The predicted octanol–water partition coefficient (Wildman–Crippen LogP) is 0.537. The average Bonchev–Trinajstić information content (AvgIpc) is 2.71. The molecular weight excluding hydrogens is 224 g/mol. The molecule has 7 heteroatoms. The summed E-state index contributed by atoms with van der Waals surface area (Å²) < 4.78 is 1.66. The van der Waals surface area contributed by atoms with Gasteiger partial charge in [-0.1, -0.05) is 0 Å².